The van der Waals surface area contributed by atoms with Crippen LogP contribution >= 0.6 is 24.8 Å². The fourth-order valence-electron chi connectivity index (χ4n) is 2.17. The summed E-state index contributed by atoms with van der Waals surface area (Å²) < 4.78 is 2.17. The second kappa shape index (κ2) is 8.75. The van der Waals surface area contributed by atoms with Crippen molar-refractivity contribution in [3.63, 3.8) is 0 Å². The van der Waals surface area contributed by atoms with Gasteiger partial charge < -0.3 is 5.32 Å². The number of hydrogen-bond acceptors (Lipinski definition) is 3. The molecule has 4 nitrogen and oxygen atoms in total. The molecule has 1 N–H and O–H groups in total. The molecule has 1 aliphatic heterocycles. The molecule has 2 heterocycles. The van der Waals surface area contributed by atoms with E-state index in [1.807, 2.05) is 0 Å². The van der Waals surface area contributed by atoms with E-state index >= 15 is 0 Å². The maximum atomic E-state index is 4.68. The standard InChI is InChI=1S/C12H22N4.2ClH/c1-3-15(4-2)10-11-8-12-9-13-6-5-7-16(12)14-11;;/h8,13H,3-7,9-10H2,1-2H3;2*1H. The molecular weight excluding hydrogens is 271 g/mol. The van der Waals surface area contributed by atoms with Gasteiger partial charge >= 0.3 is 0 Å². The second-order valence-corrected chi connectivity index (χ2v) is 4.34. The van der Waals surface area contributed by atoms with E-state index in [2.05, 4.69) is 39.9 Å². The minimum absolute atomic E-state index is 0. The number of rotatable bonds is 4. The Morgan fingerprint density at radius 2 is 2.06 bits per heavy atom. The van der Waals surface area contributed by atoms with Crippen LogP contribution in [0.25, 0.3) is 0 Å². The van der Waals surface area contributed by atoms with Crippen molar-refractivity contribution >= 4 is 24.8 Å². The SMILES string of the molecule is CCN(CC)Cc1cc2n(n1)CCCNC2.Cl.Cl. The molecule has 0 saturated carbocycles. The van der Waals surface area contributed by atoms with Crippen molar-refractivity contribution in [1.82, 2.24) is 20.0 Å². The van der Waals surface area contributed by atoms with E-state index in [4.69, 9.17) is 0 Å². The van der Waals surface area contributed by atoms with Gasteiger partial charge in [-0.1, -0.05) is 13.8 Å². The molecule has 0 amide bonds. The van der Waals surface area contributed by atoms with Gasteiger partial charge in [0.15, 0.2) is 0 Å². The highest BCUT2D eigenvalue weighted by Crippen LogP contribution is 2.10. The van der Waals surface area contributed by atoms with Gasteiger partial charge in [-0.15, -0.1) is 24.8 Å². The lowest BCUT2D eigenvalue weighted by molar-refractivity contribution is 0.291. The monoisotopic (exact) mass is 294 g/mol. The smallest absolute Gasteiger partial charge is 0.0768 e. The Morgan fingerprint density at radius 3 is 2.72 bits per heavy atom. The summed E-state index contributed by atoms with van der Waals surface area (Å²) in [5.74, 6) is 0. The van der Waals surface area contributed by atoms with E-state index in [1.54, 1.807) is 0 Å². The number of nitrogens with zero attached hydrogens (tertiary/aromatic N) is 3. The summed E-state index contributed by atoms with van der Waals surface area (Å²) in [6, 6.07) is 2.25. The molecule has 0 atom stereocenters. The second-order valence-electron chi connectivity index (χ2n) is 4.34. The first-order valence-electron chi connectivity index (χ1n) is 6.32. The zero-order valence-corrected chi connectivity index (χ0v) is 12.8. The molecule has 1 aromatic rings. The number of fused-ring (bicyclic) bond motifs is 1. The average molecular weight is 295 g/mol. The summed E-state index contributed by atoms with van der Waals surface area (Å²) in [7, 11) is 0. The fraction of sp³-hybridized carbons (Fsp3) is 0.750. The van der Waals surface area contributed by atoms with Crippen molar-refractivity contribution in [3.8, 4) is 0 Å². The molecule has 0 spiro atoms. The molecule has 0 fully saturated rings. The highest BCUT2D eigenvalue weighted by molar-refractivity contribution is 5.85. The predicted molar refractivity (Wildman–Crippen MR) is 79.7 cm³/mol. The predicted octanol–water partition coefficient (Wildman–Crippen LogP) is 2.06. The van der Waals surface area contributed by atoms with Gasteiger partial charge in [0.2, 0.25) is 0 Å². The third-order valence-electron chi connectivity index (χ3n) is 3.22. The third-order valence-corrected chi connectivity index (χ3v) is 3.22. The van der Waals surface area contributed by atoms with Crippen LogP contribution in [0.1, 0.15) is 31.7 Å². The van der Waals surface area contributed by atoms with Crippen molar-refractivity contribution < 1.29 is 0 Å². The summed E-state index contributed by atoms with van der Waals surface area (Å²) in [6.45, 7) is 10.7. The van der Waals surface area contributed by atoms with E-state index in [-0.39, 0.29) is 24.8 Å². The number of hydrogen-bond donors (Lipinski definition) is 1. The first kappa shape index (κ1) is 17.7. The molecule has 0 aromatic carbocycles. The van der Waals surface area contributed by atoms with Gasteiger partial charge in [-0.2, -0.15) is 5.10 Å². The quantitative estimate of drug-likeness (QED) is 0.923. The fourth-order valence-corrected chi connectivity index (χ4v) is 2.17. The van der Waals surface area contributed by atoms with E-state index in [0.717, 1.165) is 39.3 Å². The van der Waals surface area contributed by atoms with Crippen LogP contribution in [0, 0.1) is 0 Å². The van der Waals surface area contributed by atoms with E-state index in [1.165, 1.54) is 17.8 Å². The molecule has 1 aliphatic rings. The lowest BCUT2D eigenvalue weighted by Crippen LogP contribution is -2.22. The van der Waals surface area contributed by atoms with Crippen LogP contribution < -0.4 is 5.32 Å². The van der Waals surface area contributed by atoms with Crippen LogP contribution in [0.2, 0.25) is 0 Å². The summed E-state index contributed by atoms with van der Waals surface area (Å²) in [6.07, 6.45) is 1.18. The summed E-state index contributed by atoms with van der Waals surface area (Å²) in [5.41, 5.74) is 2.54. The number of halogens is 2. The highest BCUT2D eigenvalue weighted by Gasteiger charge is 2.11. The van der Waals surface area contributed by atoms with Gasteiger partial charge in [0, 0.05) is 19.6 Å². The lowest BCUT2D eigenvalue weighted by Gasteiger charge is -2.15. The van der Waals surface area contributed by atoms with Crippen LogP contribution in [-0.4, -0.2) is 34.3 Å². The molecule has 106 valence electrons. The van der Waals surface area contributed by atoms with Crippen LogP contribution in [-0.2, 0) is 19.6 Å². The topological polar surface area (TPSA) is 33.1 Å². The Kier molecular flexibility index (Phi) is 8.61. The summed E-state index contributed by atoms with van der Waals surface area (Å²) in [4.78, 5) is 2.40. The molecule has 0 bridgehead atoms. The number of nitrogens with one attached hydrogen (secondary N) is 1. The van der Waals surface area contributed by atoms with Gasteiger partial charge in [0.1, 0.15) is 0 Å². The van der Waals surface area contributed by atoms with Gasteiger partial charge in [-0.25, -0.2) is 0 Å². The molecule has 0 saturated heterocycles. The first-order valence-corrected chi connectivity index (χ1v) is 6.32. The van der Waals surface area contributed by atoms with E-state index in [0.29, 0.717) is 0 Å². The van der Waals surface area contributed by atoms with Crippen LogP contribution in [0.5, 0.6) is 0 Å². The van der Waals surface area contributed by atoms with Crippen molar-refractivity contribution in [3.05, 3.63) is 17.5 Å². The van der Waals surface area contributed by atoms with Crippen molar-refractivity contribution in [2.24, 2.45) is 0 Å². The van der Waals surface area contributed by atoms with Crippen molar-refractivity contribution in [1.29, 1.82) is 0 Å². The van der Waals surface area contributed by atoms with Gasteiger partial charge in [-0.05, 0) is 32.1 Å². The normalized spacial score (nSPS) is 14.4. The van der Waals surface area contributed by atoms with Crippen molar-refractivity contribution in [2.75, 3.05) is 19.6 Å². The first-order chi connectivity index (χ1) is 7.83. The maximum Gasteiger partial charge on any atom is 0.0768 e. The Labute approximate surface area is 122 Å². The third kappa shape index (κ3) is 4.43. The number of aromatic nitrogens is 2. The number of aryl methyl sites for hydroxylation is 1. The Bertz CT molecular complexity index is 313. The Morgan fingerprint density at radius 1 is 1.33 bits per heavy atom. The van der Waals surface area contributed by atoms with Gasteiger partial charge in [0.05, 0.1) is 11.4 Å². The molecule has 0 radical (unpaired) electrons. The summed E-state index contributed by atoms with van der Waals surface area (Å²) in [5, 5.41) is 8.11. The molecule has 0 unspecified atom stereocenters. The average Bonchev–Trinajstić information content (AvgIpc) is 2.56. The van der Waals surface area contributed by atoms with E-state index < -0.39 is 0 Å². The molecular formula is C12H24Cl2N4. The minimum atomic E-state index is 0. The van der Waals surface area contributed by atoms with Crippen molar-refractivity contribution in [2.45, 2.75) is 39.9 Å². The zero-order valence-electron chi connectivity index (χ0n) is 11.2. The molecule has 1 aromatic heterocycles. The Hall–Kier alpha value is -0.290. The van der Waals surface area contributed by atoms with Gasteiger partial charge in [0.25, 0.3) is 0 Å². The lowest BCUT2D eigenvalue weighted by atomic mass is 10.3. The van der Waals surface area contributed by atoms with Crippen LogP contribution in [0.4, 0.5) is 0 Å². The molecule has 18 heavy (non-hydrogen) atoms. The molecule has 2 rings (SSSR count). The minimum Gasteiger partial charge on any atom is -0.311 e. The largest absolute Gasteiger partial charge is 0.311 e. The zero-order chi connectivity index (χ0) is 11.4. The van der Waals surface area contributed by atoms with E-state index in [9.17, 15) is 0 Å². The molecule has 0 aliphatic carbocycles. The van der Waals surface area contributed by atoms with Crippen LogP contribution in [0.3, 0.4) is 0 Å². The summed E-state index contributed by atoms with van der Waals surface area (Å²) >= 11 is 0. The van der Waals surface area contributed by atoms with Gasteiger partial charge in [-0.3, -0.25) is 9.58 Å². The maximum absolute atomic E-state index is 4.68. The molecule has 6 heteroatoms. The van der Waals surface area contributed by atoms with Crippen LogP contribution in [0.15, 0.2) is 6.07 Å². The highest BCUT2D eigenvalue weighted by atomic mass is 35.5. The Balaban J connectivity index is 0.00000144.